The molecule has 0 amide bonds. The van der Waals surface area contributed by atoms with Crippen molar-refractivity contribution >= 4 is 0 Å². The van der Waals surface area contributed by atoms with Crippen molar-refractivity contribution in [1.29, 1.82) is 0 Å². The van der Waals surface area contributed by atoms with Crippen LogP contribution in [-0.2, 0) is 6.42 Å². The third-order valence-corrected chi connectivity index (χ3v) is 2.82. The molecule has 0 fully saturated rings. The van der Waals surface area contributed by atoms with Gasteiger partial charge in [0, 0.05) is 12.6 Å². The number of hydrogen-bond acceptors (Lipinski definition) is 5. The van der Waals surface area contributed by atoms with Gasteiger partial charge in [0.2, 0.25) is 11.7 Å². The van der Waals surface area contributed by atoms with Gasteiger partial charge in [-0.25, -0.2) is 0 Å². The van der Waals surface area contributed by atoms with Crippen molar-refractivity contribution in [3.63, 3.8) is 0 Å². The molecule has 0 saturated heterocycles. The molecule has 0 aliphatic carbocycles. The van der Waals surface area contributed by atoms with Gasteiger partial charge in [-0.3, -0.25) is 4.98 Å². The van der Waals surface area contributed by atoms with Gasteiger partial charge in [0.25, 0.3) is 0 Å². The summed E-state index contributed by atoms with van der Waals surface area (Å²) < 4.78 is 5.22. The maximum Gasteiger partial charge on any atom is 0.227 e. The summed E-state index contributed by atoms with van der Waals surface area (Å²) in [6.07, 6.45) is 2.51. The first kappa shape index (κ1) is 12.7. The topological polar surface area (TPSA) is 77.8 Å². The van der Waals surface area contributed by atoms with Crippen molar-refractivity contribution in [3.8, 4) is 11.5 Å². The second kappa shape index (κ2) is 5.27. The van der Waals surface area contributed by atoms with Crippen LogP contribution in [0.15, 0.2) is 16.8 Å². The summed E-state index contributed by atoms with van der Waals surface area (Å²) in [4.78, 5) is 8.71. The zero-order valence-corrected chi connectivity index (χ0v) is 11.0. The molecular weight excluding hydrogens is 228 g/mol. The SMILES string of the molecule is Cc1cnc(-c2noc(CC(C)CN)n2)c(C)c1. The minimum absolute atomic E-state index is 0.338. The number of nitrogens with zero attached hydrogens (tertiary/aromatic N) is 3. The molecule has 1 atom stereocenters. The fraction of sp³-hybridized carbons (Fsp3) is 0.462. The van der Waals surface area contributed by atoms with Gasteiger partial charge in [-0.2, -0.15) is 4.98 Å². The molecule has 5 heteroatoms. The summed E-state index contributed by atoms with van der Waals surface area (Å²) in [5.41, 5.74) is 8.52. The van der Waals surface area contributed by atoms with Crippen LogP contribution in [0, 0.1) is 19.8 Å². The van der Waals surface area contributed by atoms with Crippen molar-refractivity contribution in [2.24, 2.45) is 11.7 Å². The lowest BCUT2D eigenvalue weighted by molar-refractivity contribution is 0.359. The van der Waals surface area contributed by atoms with Crippen LogP contribution in [0.25, 0.3) is 11.5 Å². The lowest BCUT2D eigenvalue weighted by Gasteiger charge is -2.02. The molecule has 0 saturated carbocycles. The molecule has 2 rings (SSSR count). The molecule has 1 unspecified atom stereocenters. The smallest absolute Gasteiger partial charge is 0.227 e. The number of nitrogens with two attached hydrogens (primary N) is 1. The van der Waals surface area contributed by atoms with E-state index >= 15 is 0 Å². The Hall–Kier alpha value is -1.75. The molecule has 2 aromatic rings. The van der Waals surface area contributed by atoms with Gasteiger partial charge >= 0.3 is 0 Å². The molecule has 0 radical (unpaired) electrons. The average molecular weight is 246 g/mol. The first-order chi connectivity index (χ1) is 8.60. The molecule has 2 aromatic heterocycles. The number of pyridine rings is 1. The van der Waals surface area contributed by atoms with E-state index in [4.69, 9.17) is 10.3 Å². The average Bonchev–Trinajstić information content (AvgIpc) is 2.77. The second-order valence-electron chi connectivity index (χ2n) is 4.73. The van der Waals surface area contributed by atoms with Crippen LogP contribution in [0.5, 0.6) is 0 Å². The molecule has 96 valence electrons. The van der Waals surface area contributed by atoms with Crippen molar-refractivity contribution in [2.45, 2.75) is 27.2 Å². The Morgan fingerprint density at radius 3 is 2.83 bits per heavy atom. The van der Waals surface area contributed by atoms with Crippen molar-refractivity contribution in [1.82, 2.24) is 15.1 Å². The third-order valence-electron chi connectivity index (χ3n) is 2.82. The zero-order chi connectivity index (χ0) is 13.1. The predicted molar refractivity (Wildman–Crippen MR) is 68.9 cm³/mol. The molecular formula is C13H18N4O. The fourth-order valence-electron chi connectivity index (χ4n) is 1.76. The van der Waals surface area contributed by atoms with Crippen molar-refractivity contribution in [2.75, 3.05) is 6.54 Å². The van der Waals surface area contributed by atoms with E-state index < -0.39 is 0 Å². The Bertz CT molecular complexity index is 536. The van der Waals surface area contributed by atoms with Crippen LogP contribution < -0.4 is 5.73 Å². The van der Waals surface area contributed by atoms with E-state index in [2.05, 4.69) is 28.1 Å². The van der Waals surface area contributed by atoms with E-state index in [1.807, 2.05) is 13.8 Å². The molecule has 0 aromatic carbocycles. The Kier molecular flexibility index (Phi) is 3.72. The number of aryl methyl sites for hydroxylation is 2. The van der Waals surface area contributed by atoms with Gasteiger partial charge in [-0.15, -0.1) is 0 Å². The van der Waals surface area contributed by atoms with Crippen LogP contribution in [-0.4, -0.2) is 21.7 Å². The van der Waals surface area contributed by atoms with E-state index in [0.29, 0.717) is 30.6 Å². The highest BCUT2D eigenvalue weighted by Gasteiger charge is 2.13. The first-order valence-corrected chi connectivity index (χ1v) is 6.06. The second-order valence-corrected chi connectivity index (χ2v) is 4.73. The summed E-state index contributed by atoms with van der Waals surface area (Å²) in [6.45, 7) is 6.67. The minimum atomic E-state index is 0.338. The Labute approximate surface area is 106 Å². The quantitative estimate of drug-likeness (QED) is 0.891. The largest absolute Gasteiger partial charge is 0.339 e. The number of hydrogen-bond donors (Lipinski definition) is 1. The molecule has 5 nitrogen and oxygen atoms in total. The van der Waals surface area contributed by atoms with Crippen LogP contribution in [0.1, 0.15) is 23.9 Å². The fourth-order valence-corrected chi connectivity index (χ4v) is 1.76. The van der Waals surface area contributed by atoms with Crippen LogP contribution in [0.4, 0.5) is 0 Å². The van der Waals surface area contributed by atoms with E-state index in [9.17, 15) is 0 Å². The summed E-state index contributed by atoms with van der Waals surface area (Å²) >= 11 is 0. The summed E-state index contributed by atoms with van der Waals surface area (Å²) in [6, 6.07) is 2.06. The molecule has 0 bridgehead atoms. The highest BCUT2D eigenvalue weighted by atomic mass is 16.5. The first-order valence-electron chi connectivity index (χ1n) is 6.06. The molecule has 18 heavy (non-hydrogen) atoms. The Morgan fingerprint density at radius 2 is 2.17 bits per heavy atom. The summed E-state index contributed by atoms with van der Waals surface area (Å²) in [5.74, 6) is 1.50. The normalized spacial score (nSPS) is 12.7. The van der Waals surface area contributed by atoms with Gasteiger partial charge < -0.3 is 10.3 Å². The van der Waals surface area contributed by atoms with E-state index in [1.165, 1.54) is 0 Å². The number of aromatic nitrogens is 3. The van der Waals surface area contributed by atoms with E-state index in [-0.39, 0.29) is 0 Å². The Morgan fingerprint density at radius 1 is 1.39 bits per heavy atom. The van der Waals surface area contributed by atoms with E-state index in [0.717, 1.165) is 16.8 Å². The standard InChI is InChI=1S/C13H18N4O/c1-8(6-14)5-11-16-13(17-18-11)12-10(3)4-9(2)7-15-12/h4,7-8H,5-6,14H2,1-3H3. The maximum atomic E-state index is 5.58. The summed E-state index contributed by atoms with van der Waals surface area (Å²) in [7, 11) is 0. The summed E-state index contributed by atoms with van der Waals surface area (Å²) in [5, 5.41) is 3.97. The lowest BCUT2D eigenvalue weighted by atomic mass is 10.1. The maximum absolute atomic E-state index is 5.58. The highest BCUT2D eigenvalue weighted by molar-refractivity contribution is 5.53. The molecule has 0 aliphatic heterocycles. The number of rotatable bonds is 4. The predicted octanol–water partition coefficient (Wildman–Crippen LogP) is 1.89. The van der Waals surface area contributed by atoms with Gasteiger partial charge in [0.15, 0.2) is 0 Å². The van der Waals surface area contributed by atoms with E-state index in [1.54, 1.807) is 6.20 Å². The van der Waals surface area contributed by atoms with Gasteiger partial charge in [-0.05, 0) is 37.4 Å². The molecule has 0 aliphatic rings. The van der Waals surface area contributed by atoms with Gasteiger partial charge in [0.05, 0.1) is 0 Å². The molecule has 0 spiro atoms. The van der Waals surface area contributed by atoms with Gasteiger partial charge in [-0.1, -0.05) is 18.1 Å². The van der Waals surface area contributed by atoms with Crippen molar-refractivity contribution < 1.29 is 4.52 Å². The Balaban J connectivity index is 2.24. The lowest BCUT2D eigenvalue weighted by Crippen LogP contribution is -2.13. The van der Waals surface area contributed by atoms with Crippen molar-refractivity contribution in [3.05, 3.63) is 29.3 Å². The minimum Gasteiger partial charge on any atom is -0.339 e. The monoisotopic (exact) mass is 246 g/mol. The van der Waals surface area contributed by atoms with Crippen LogP contribution in [0.2, 0.25) is 0 Å². The van der Waals surface area contributed by atoms with Crippen LogP contribution >= 0.6 is 0 Å². The highest BCUT2D eigenvalue weighted by Crippen LogP contribution is 2.19. The molecule has 2 N–H and O–H groups in total. The molecule has 2 heterocycles. The zero-order valence-electron chi connectivity index (χ0n) is 11.0. The third kappa shape index (κ3) is 2.73. The van der Waals surface area contributed by atoms with Gasteiger partial charge in [0.1, 0.15) is 5.69 Å². The van der Waals surface area contributed by atoms with Crippen LogP contribution in [0.3, 0.4) is 0 Å².